The molecule has 4 rings (SSSR count). The van der Waals surface area contributed by atoms with Crippen LogP contribution >= 0.6 is 0 Å². The third kappa shape index (κ3) is 6.28. The maximum absolute atomic E-state index is 13.2. The fourth-order valence-electron chi connectivity index (χ4n) is 4.25. The number of amides is 1. The molecule has 2 N–H and O–H groups in total. The van der Waals surface area contributed by atoms with Crippen LogP contribution in [0.15, 0.2) is 73.1 Å². The average Bonchev–Trinajstić information content (AvgIpc) is 3.33. The zero-order chi connectivity index (χ0) is 25.6. The summed E-state index contributed by atoms with van der Waals surface area (Å²) >= 11 is 0. The van der Waals surface area contributed by atoms with Crippen molar-refractivity contribution in [2.45, 2.75) is 32.0 Å². The van der Waals surface area contributed by atoms with Gasteiger partial charge in [-0.3, -0.25) is 14.6 Å². The second-order valence-corrected chi connectivity index (χ2v) is 8.88. The van der Waals surface area contributed by atoms with E-state index < -0.39 is 17.2 Å². The van der Waals surface area contributed by atoms with E-state index in [4.69, 9.17) is 4.74 Å². The van der Waals surface area contributed by atoms with Crippen LogP contribution in [0, 0.1) is 5.41 Å². The second kappa shape index (κ2) is 10.9. The monoisotopic (exact) mass is 497 g/mol. The van der Waals surface area contributed by atoms with Crippen LogP contribution in [0.2, 0.25) is 0 Å². The highest BCUT2D eigenvalue weighted by Crippen LogP contribution is 2.36. The Labute approximate surface area is 206 Å². The summed E-state index contributed by atoms with van der Waals surface area (Å²) in [6.45, 7) is 0.809. The molecule has 2 heterocycles. The van der Waals surface area contributed by atoms with Gasteiger partial charge in [0, 0.05) is 44.1 Å². The first kappa shape index (κ1) is 25.4. The van der Waals surface area contributed by atoms with Gasteiger partial charge in [0.15, 0.2) is 0 Å². The molecule has 1 atom stereocenters. The van der Waals surface area contributed by atoms with E-state index in [1.54, 1.807) is 42.7 Å². The van der Waals surface area contributed by atoms with Crippen molar-refractivity contribution < 1.29 is 27.5 Å². The molecule has 1 aliphatic heterocycles. The third-order valence-corrected chi connectivity index (χ3v) is 6.16. The van der Waals surface area contributed by atoms with Crippen molar-refractivity contribution in [1.82, 2.24) is 10.3 Å². The van der Waals surface area contributed by atoms with Crippen LogP contribution in [0.3, 0.4) is 0 Å². The number of alkyl halides is 3. The van der Waals surface area contributed by atoms with Crippen molar-refractivity contribution in [2.75, 3.05) is 18.5 Å². The molecular formula is C27H26F3N3O3. The van der Waals surface area contributed by atoms with Crippen LogP contribution in [0.4, 0.5) is 24.5 Å². The van der Waals surface area contributed by atoms with Crippen molar-refractivity contribution >= 4 is 23.1 Å². The molecule has 1 saturated heterocycles. The summed E-state index contributed by atoms with van der Waals surface area (Å²) in [7, 11) is 0. The van der Waals surface area contributed by atoms with Crippen LogP contribution in [-0.4, -0.2) is 29.9 Å². The van der Waals surface area contributed by atoms with Crippen LogP contribution in [0.5, 0.6) is 0 Å². The number of ether oxygens (including phenoxy) is 1. The summed E-state index contributed by atoms with van der Waals surface area (Å²) in [5.74, 6) is -0.306. The number of hydrogen-bond acceptors (Lipinski definition) is 5. The lowest BCUT2D eigenvalue weighted by atomic mass is 9.80. The molecule has 6 nitrogen and oxygen atoms in total. The summed E-state index contributed by atoms with van der Waals surface area (Å²) < 4.78 is 45.2. The van der Waals surface area contributed by atoms with E-state index in [1.807, 2.05) is 6.07 Å². The third-order valence-electron chi connectivity index (χ3n) is 6.16. The fourth-order valence-corrected chi connectivity index (χ4v) is 4.25. The second-order valence-electron chi connectivity index (χ2n) is 8.88. The Morgan fingerprint density at radius 3 is 2.44 bits per heavy atom. The number of pyridine rings is 1. The average molecular weight is 498 g/mol. The lowest BCUT2D eigenvalue weighted by Crippen LogP contribution is -2.43. The van der Waals surface area contributed by atoms with Crippen molar-refractivity contribution in [3.8, 4) is 0 Å². The van der Waals surface area contributed by atoms with Gasteiger partial charge in [0.2, 0.25) is 5.91 Å². The van der Waals surface area contributed by atoms with Crippen molar-refractivity contribution in [3.63, 3.8) is 0 Å². The molecule has 9 heteroatoms. The lowest BCUT2D eigenvalue weighted by molar-refractivity contribution is -0.137. The molecule has 2 aromatic carbocycles. The summed E-state index contributed by atoms with van der Waals surface area (Å²) in [5.41, 5.74) is 0.358. The summed E-state index contributed by atoms with van der Waals surface area (Å²) in [6, 6.07) is 15.6. The van der Waals surface area contributed by atoms with E-state index >= 15 is 0 Å². The number of nitrogens with one attached hydrogen (secondary N) is 2. The summed E-state index contributed by atoms with van der Waals surface area (Å²) in [6.07, 6.45) is -0.454. The minimum Gasteiger partial charge on any atom is -0.380 e. The number of Topliss-reactive ketones (excluding diaryl/α,β-unsaturated/α-hetero) is 1. The molecule has 1 aromatic heterocycles. The molecule has 1 fully saturated rings. The van der Waals surface area contributed by atoms with E-state index in [0.29, 0.717) is 18.7 Å². The summed E-state index contributed by atoms with van der Waals surface area (Å²) in [5, 5.41) is 5.69. The lowest BCUT2D eigenvalue weighted by Gasteiger charge is -2.25. The summed E-state index contributed by atoms with van der Waals surface area (Å²) in [4.78, 5) is 29.8. The van der Waals surface area contributed by atoms with Crippen molar-refractivity contribution in [2.24, 2.45) is 5.41 Å². The Kier molecular flexibility index (Phi) is 7.69. The van der Waals surface area contributed by atoms with E-state index in [2.05, 4.69) is 15.6 Å². The molecule has 0 radical (unpaired) electrons. The smallest absolute Gasteiger partial charge is 0.380 e. The van der Waals surface area contributed by atoms with Gasteiger partial charge in [-0.1, -0.05) is 30.3 Å². The first-order chi connectivity index (χ1) is 17.2. The Morgan fingerprint density at radius 1 is 1.00 bits per heavy atom. The molecular weight excluding hydrogens is 471 g/mol. The number of para-hydroxylation sites is 1. The van der Waals surface area contributed by atoms with E-state index in [1.165, 1.54) is 18.2 Å². The number of hydrogen-bond donors (Lipinski definition) is 2. The van der Waals surface area contributed by atoms with Crippen LogP contribution in [0.1, 0.15) is 29.5 Å². The number of rotatable bonds is 9. The molecule has 0 bridgehead atoms. The normalized spacial score (nSPS) is 17.5. The van der Waals surface area contributed by atoms with Gasteiger partial charge in [-0.15, -0.1) is 0 Å². The Morgan fingerprint density at radius 2 is 1.78 bits per heavy atom. The number of ketones is 1. The predicted octanol–water partition coefficient (Wildman–Crippen LogP) is 5.07. The Balaban J connectivity index is 1.36. The molecule has 1 amide bonds. The topological polar surface area (TPSA) is 80.3 Å². The minimum absolute atomic E-state index is 0.0369. The van der Waals surface area contributed by atoms with Gasteiger partial charge >= 0.3 is 6.18 Å². The Bertz CT molecular complexity index is 1190. The number of nitrogens with zero attached hydrogens (tertiary/aromatic N) is 1. The number of halogens is 3. The molecule has 36 heavy (non-hydrogen) atoms. The van der Waals surface area contributed by atoms with Crippen LogP contribution in [0.25, 0.3) is 0 Å². The number of benzene rings is 2. The molecule has 3 aromatic rings. The maximum atomic E-state index is 13.2. The number of aromatic nitrogens is 1. The number of carbonyl (C=O) groups excluding carboxylic acids is 2. The molecule has 0 spiro atoms. The van der Waals surface area contributed by atoms with Crippen LogP contribution in [-0.2, 0) is 33.5 Å². The van der Waals surface area contributed by atoms with Gasteiger partial charge in [-0.2, -0.15) is 13.2 Å². The SMILES string of the molecule is O=C(Cc1cccnc1)C[C@@]1(C(=O)NCc2ccc(Nc3ccccc3C(F)(F)F)cc2)CCOC1. The zero-order valence-corrected chi connectivity index (χ0v) is 19.5. The Hall–Kier alpha value is -3.72. The van der Waals surface area contributed by atoms with Crippen molar-refractivity contribution in [3.05, 3.63) is 89.7 Å². The van der Waals surface area contributed by atoms with E-state index in [-0.39, 0.29) is 43.4 Å². The van der Waals surface area contributed by atoms with Crippen molar-refractivity contribution in [1.29, 1.82) is 0 Å². The van der Waals surface area contributed by atoms with Gasteiger partial charge < -0.3 is 15.4 Å². The molecule has 0 saturated carbocycles. The standard InChI is InChI=1S/C27H26F3N3O3/c28-27(29,30)23-5-1-2-6-24(23)33-21-9-7-19(8-10-21)17-32-25(35)26(11-13-36-18-26)15-22(34)14-20-4-3-12-31-16-20/h1-10,12,16,33H,11,13-15,17-18H2,(H,32,35)/t26-/m0/s1. The highest BCUT2D eigenvalue weighted by molar-refractivity contribution is 5.91. The first-order valence-electron chi connectivity index (χ1n) is 11.5. The van der Waals surface area contributed by atoms with Gasteiger partial charge in [-0.25, -0.2) is 0 Å². The molecule has 1 aliphatic rings. The van der Waals surface area contributed by atoms with Crippen LogP contribution < -0.4 is 10.6 Å². The molecule has 188 valence electrons. The van der Waals surface area contributed by atoms with Gasteiger partial charge in [0.05, 0.1) is 23.3 Å². The van der Waals surface area contributed by atoms with Gasteiger partial charge in [0.25, 0.3) is 0 Å². The van der Waals surface area contributed by atoms with E-state index in [0.717, 1.165) is 17.2 Å². The minimum atomic E-state index is -4.47. The number of carbonyl (C=O) groups is 2. The number of anilines is 2. The molecule has 0 aliphatic carbocycles. The highest BCUT2D eigenvalue weighted by atomic mass is 19.4. The van der Waals surface area contributed by atoms with Gasteiger partial charge in [-0.05, 0) is 47.9 Å². The fraction of sp³-hybridized carbons (Fsp3) is 0.296. The molecule has 0 unspecified atom stereocenters. The highest BCUT2D eigenvalue weighted by Gasteiger charge is 2.43. The predicted molar refractivity (Wildman–Crippen MR) is 128 cm³/mol. The zero-order valence-electron chi connectivity index (χ0n) is 19.5. The van der Waals surface area contributed by atoms with E-state index in [9.17, 15) is 22.8 Å². The largest absolute Gasteiger partial charge is 0.418 e. The quantitative estimate of drug-likeness (QED) is 0.432. The maximum Gasteiger partial charge on any atom is 0.418 e. The first-order valence-corrected chi connectivity index (χ1v) is 11.5. The van der Waals surface area contributed by atoms with Gasteiger partial charge in [0.1, 0.15) is 5.78 Å².